The highest BCUT2D eigenvalue weighted by atomic mass is 16.2. The molecule has 1 saturated heterocycles. The maximum atomic E-state index is 11.5. The van der Waals surface area contributed by atoms with Crippen LogP contribution in [0.15, 0.2) is 30.3 Å². The van der Waals surface area contributed by atoms with Gasteiger partial charge in [-0.1, -0.05) is 0 Å². The lowest BCUT2D eigenvalue weighted by molar-refractivity contribution is -0.129. The Kier molecular flexibility index (Phi) is 6.34. The quantitative estimate of drug-likeness (QED) is 0.828. The summed E-state index contributed by atoms with van der Waals surface area (Å²) in [6, 6.07) is 10.4. The first-order valence-electron chi connectivity index (χ1n) is 9.98. The zero-order chi connectivity index (χ0) is 20.1. The summed E-state index contributed by atoms with van der Waals surface area (Å²) in [6.07, 6.45) is 0. The third kappa shape index (κ3) is 4.71. The average molecular weight is 383 g/mol. The number of aromatic nitrogens is 2. The third-order valence-corrected chi connectivity index (χ3v) is 5.12. The van der Waals surface area contributed by atoms with Crippen molar-refractivity contribution in [2.45, 2.75) is 27.7 Å². The maximum Gasteiger partial charge on any atom is 0.227 e. The van der Waals surface area contributed by atoms with Gasteiger partial charge in [-0.15, -0.1) is 0 Å². The fraction of sp³-hybridized carbons (Fsp3) is 0.476. The van der Waals surface area contributed by atoms with E-state index in [0.717, 1.165) is 43.4 Å². The predicted octanol–water partition coefficient (Wildman–Crippen LogP) is 3.04. The number of carbonyl (C=O) groups excluding carboxylic acids is 1. The number of benzene rings is 1. The molecule has 1 aliphatic heterocycles. The summed E-state index contributed by atoms with van der Waals surface area (Å²) < 4.78 is 0. The molecular weight excluding hydrogens is 352 g/mol. The van der Waals surface area contributed by atoms with Gasteiger partial charge >= 0.3 is 0 Å². The molecule has 150 valence electrons. The fourth-order valence-electron chi connectivity index (χ4n) is 3.47. The van der Waals surface area contributed by atoms with Crippen molar-refractivity contribution in [2.24, 2.45) is 0 Å². The molecular formula is C21H30N6O. The van der Waals surface area contributed by atoms with E-state index in [1.807, 2.05) is 17.9 Å². The van der Waals surface area contributed by atoms with Gasteiger partial charge < -0.3 is 20.0 Å². The van der Waals surface area contributed by atoms with Crippen LogP contribution < -0.4 is 15.1 Å². The molecule has 7 nitrogen and oxygen atoms in total. The highest BCUT2D eigenvalue weighted by Gasteiger charge is 2.21. The lowest BCUT2D eigenvalue weighted by Gasteiger charge is -2.34. The van der Waals surface area contributed by atoms with E-state index in [-0.39, 0.29) is 5.91 Å². The van der Waals surface area contributed by atoms with Gasteiger partial charge in [-0.25, -0.2) is 4.98 Å². The van der Waals surface area contributed by atoms with Gasteiger partial charge in [-0.2, -0.15) is 4.98 Å². The second kappa shape index (κ2) is 8.91. The normalized spacial score (nSPS) is 14.1. The maximum absolute atomic E-state index is 11.5. The molecule has 1 aliphatic rings. The van der Waals surface area contributed by atoms with Crippen molar-refractivity contribution in [3.8, 4) is 0 Å². The van der Waals surface area contributed by atoms with Gasteiger partial charge in [0, 0.05) is 69.3 Å². The number of anilines is 4. The number of nitrogens with one attached hydrogen (secondary N) is 1. The van der Waals surface area contributed by atoms with E-state index in [1.54, 1.807) is 6.92 Å². The Labute approximate surface area is 167 Å². The smallest absolute Gasteiger partial charge is 0.227 e. The van der Waals surface area contributed by atoms with E-state index >= 15 is 0 Å². The van der Waals surface area contributed by atoms with Crippen LogP contribution in [-0.2, 0) is 4.79 Å². The molecule has 0 spiro atoms. The Morgan fingerprint density at radius 2 is 1.71 bits per heavy atom. The molecule has 1 N–H and O–H groups in total. The zero-order valence-electron chi connectivity index (χ0n) is 17.3. The van der Waals surface area contributed by atoms with Gasteiger partial charge in [0.15, 0.2) is 0 Å². The Morgan fingerprint density at radius 1 is 1.07 bits per heavy atom. The number of carbonyl (C=O) groups is 1. The highest BCUT2D eigenvalue weighted by Crippen LogP contribution is 2.22. The van der Waals surface area contributed by atoms with Gasteiger partial charge in [0.05, 0.1) is 0 Å². The molecule has 1 fully saturated rings. The van der Waals surface area contributed by atoms with Crippen molar-refractivity contribution in [2.75, 3.05) is 54.4 Å². The minimum atomic E-state index is 0.125. The van der Waals surface area contributed by atoms with Crippen molar-refractivity contribution >= 4 is 29.0 Å². The number of hydrogen-bond donors (Lipinski definition) is 1. The molecule has 7 heteroatoms. The fourth-order valence-corrected chi connectivity index (χ4v) is 3.47. The second-order valence-electron chi connectivity index (χ2n) is 7.03. The van der Waals surface area contributed by atoms with Crippen LogP contribution in [0.5, 0.6) is 0 Å². The predicted molar refractivity (Wildman–Crippen MR) is 115 cm³/mol. The molecule has 1 aromatic heterocycles. The van der Waals surface area contributed by atoms with Crippen molar-refractivity contribution in [1.29, 1.82) is 0 Å². The molecule has 0 bridgehead atoms. The zero-order valence-corrected chi connectivity index (χ0v) is 17.3. The molecule has 2 heterocycles. The van der Waals surface area contributed by atoms with E-state index in [4.69, 9.17) is 4.98 Å². The average Bonchev–Trinajstić information content (AvgIpc) is 2.70. The third-order valence-electron chi connectivity index (χ3n) is 5.12. The molecule has 1 aromatic carbocycles. The summed E-state index contributed by atoms with van der Waals surface area (Å²) in [5, 5.41) is 3.39. The number of nitrogens with zero attached hydrogens (tertiary/aromatic N) is 5. The van der Waals surface area contributed by atoms with Gasteiger partial charge in [0.25, 0.3) is 0 Å². The summed E-state index contributed by atoms with van der Waals surface area (Å²) in [5.74, 6) is 1.62. The van der Waals surface area contributed by atoms with Crippen LogP contribution in [0.1, 0.15) is 26.5 Å². The number of rotatable bonds is 6. The highest BCUT2D eigenvalue weighted by molar-refractivity contribution is 5.73. The first-order chi connectivity index (χ1) is 13.5. The largest absolute Gasteiger partial charge is 0.372 e. The summed E-state index contributed by atoms with van der Waals surface area (Å²) in [4.78, 5) is 27.1. The Morgan fingerprint density at radius 3 is 2.29 bits per heavy atom. The van der Waals surface area contributed by atoms with E-state index in [1.165, 1.54) is 5.69 Å². The SMILES string of the molecule is CCN(CC)c1ccc(Nc2cc(C)nc(N3CCN(C(C)=O)CC3)n2)cc1. The first kappa shape index (κ1) is 19.9. The summed E-state index contributed by atoms with van der Waals surface area (Å²) in [7, 11) is 0. The van der Waals surface area contributed by atoms with E-state index in [2.05, 4.69) is 58.2 Å². The molecule has 0 atom stereocenters. The number of hydrogen-bond acceptors (Lipinski definition) is 6. The van der Waals surface area contributed by atoms with Crippen LogP contribution in [0.25, 0.3) is 0 Å². The lowest BCUT2D eigenvalue weighted by Crippen LogP contribution is -2.48. The van der Waals surface area contributed by atoms with Gasteiger partial charge in [-0.05, 0) is 45.0 Å². The standard InChI is InChI=1S/C21H30N6O/c1-5-25(6-2)19-9-7-18(8-10-19)23-20-15-16(3)22-21(24-20)27-13-11-26(12-14-27)17(4)28/h7-10,15H,5-6,11-14H2,1-4H3,(H,22,23,24). The van der Waals surface area contributed by atoms with Crippen LogP contribution in [0.2, 0.25) is 0 Å². The molecule has 3 rings (SSSR count). The van der Waals surface area contributed by atoms with Crippen molar-refractivity contribution in [1.82, 2.24) is 14.9 Å². The molecule has 0 unspecified atom stereocenters. The molecule has 0 saturated carbocycles. The van der Waals surface area contributed by atoms with Crippen LogP contribution in [-0.4, -0.2) is 60.0 Å². The topological polar surface area (TPSA) is 64.6 Å². The summed E-state index contributed by atoms with van der Waals surface area (Å²) in [5.41, 5.74) is 3.14. The Hall–Kier alpha value is -2.83. The number of amides is 1. The minimum Gasteiger partial charge on any atom is -0.372 e. The van der Waals surface area contributed by atoms with E-state index in [0.29, 0.717) is 19.0 Å². The van der Waals surface area contributed by atoms with Gasteiger partial charge in [0.2, 0.25) is 11.9 Å². The Bertz CT molecular complexity index is 795. The monoisotopic (exact) mass is 382 g/mol. The number of aryl methyl sites for hydroxylation is 1. The molecule has 2 aromatic rings. The van der Waals surface area contributed by atoms with Crippen LogP contribution in [0, 0.1) is 6.92 Å². The molecule has 0 aliphatic carbocycles. The van der Waals surface area contributed by atoms with Crippen LogP contribution in [0.3, 0.4) is 0 Å². The van der Waals surface area contributed by atoms with Crippen molar-refractivity contribution < 1.29 is 4.79 Å². The second-order valence-corrected chi connectivity index (χ2v) is 7.03. The van der Waals surface area contributed by atoms with E-state index < -0.39 is 0 Å². The molecule has 1 amide bonds. The van der Waals surface area contributed by atoms with Crippen LogP contribution >= 0.6 is 0 Å². The Balaban J connectivity index is 1.71. The summed E-state index contributed by atoms with van der Waals surface area (Å²) in [6.45, 7) is 12.8. The lowest BCUT2D eigenvalue weighted by atomic mass is 10.2. The minimum absolute atomic E-state index is 0.125. The van der Waals surface area contributed by atoms with E-state index in [9.17, 15) is 4.79 Å². The van der Waals surface area contributed by atoms with Crippen molar-refractivity contribution in [3.63, 3.8) is 0 Å². The van der Waals surface area contributed by atoms with Gasteiger partial charge in [0.1, 0.15) is 5.82 Å². The molecule has 28 heavy (non-hydrogen) atoms. The number of piperazine rings is 1. The first-order valence-corrected chi connectivity index (χ1v) is 9.98. The summed E-state index contributed by atoms with van der Waals surface area (Å²) >= 11 is 0. The molecule has 0 radical (unpaired) electrons. The van der Waals surface area contributed by atoms with Gasteiger partial charge in [-0.3, -0.25) is 4.79 Å². The van der Waals surface area contributed by atoms with Crippen molar-refractivity contribution in [3.05, 3.63) is 36.0 Å². The van der Waals surface area contributed by atoms with Crippen LogP contribution in [0.4, 0.5) is 23.1 Å².